The molecule has 0 aromatic heterocycles. The Bertz CT molecular complexity index is 813. The summed E-state index contributed by atoms with van der Waals surface area (Å²) in [5.41, 5.74) is 2.07. The van der Waals surface area contributed by atoms with Crippen molar-refractivity contribution in [2.24, 2.45) is 0 Å². The van der Waals surface area contributed by atoms with Crippen LogP contribution in [-0.2, 0) is 0 Å². The van der Waals surface area contributed by atoms with Gasteiger partial charge in [0.2, 0.25) is 0 Å². The highest BCUT2D eigenvalue weighted by molar-refractivity contribution is 6.16. The van der Waals surface area contributed by atoms with Crippen LogP contribution in [0.2, 0.25) is 0 Å². The first-order valence-corrected chi connectivity index (χ1v) is 6.19. The molecule has 0 saturated heterocycles. The minimum absolute atomic E-state index is 0.299. The molecule has 19 heavy (non-hydrogen) atoms. The molecule has 1 nitrogen and oxygen atoms in total. The van der Waals surface area contributed by atoms with E-state index in [1.165, 1.54) is 0 Å². The summed E-state index contributed by atoms with van der Waals surface area (Å²) in [6, 6.07) is 13.6. The van der Waals surface area contributed by atoms with Crippen molar-refractivity contribution in [3.63, 3.8) is 0 Å². The molecule has 0 bridgehead atoms. The Morgan fingerprint density at radius 1 is 0.737 bits per heavy atom. The quantitative estimate of drug-likeness (QED) is 0.632. The van der Waals surface area contributed by atoms with Crippen molar-refractivity contribution in [2.45, 2.75) is 0 Å². The highest BCUT2D eigenvalue weighted by atomic mass is 16.3. The van der Waals surface area contributed by atoms with Crippen LogP contribution in [0.4, 0.5) is 0 Å². The maximum atomic E-state index is 10.2. The third-order valence-electron chi connectivity index (χ3n) is 3.52. The molecule has 0 heterocycles. The smallest absolute Gasteiger partial charge is 0.124 e. The Morgan fingerprint density at radius 2 is 1.32 bits per heavy atom. The molecule has 0 atom stereocenters. The van der Waals surface area contributed by atoms with E-state index in [2.05, 4.69) is 13.2 Å². The maximum absolute atomic E-state index is 10.2. The lowest BCUT2D eigenvalue weighted by Crippen LogP contribution is -1.88. The predicted octanol–water partition coefficient (Wildman–Crippen LogP) is 4.98. The van der Waals surface area contributed by atoms with Gasteiger partial charge in [0.25, 0.3) is 0 Å². The van der Waals surface area contributed by atoms with Crippen molar-refractivity contribution in [3.05, 3.63) is 66.7 Å². The van der Waals surface area contributed by atoms with Crippen LogP contribution in [-0.4, -0.2) is 5.11 Å². The number of fused-ring (bicyclic) bond motifs is 3. The van der Waals surface area contributed by atoms with Gasteiger partial charge >= 0.3 is 0 Å². The lowest BCUT2D eigenvalue weighted by molar-refractivity contribution is 0.482. The molecule has 0 saturated carbocycles. The average molecular weight is 246 g/mol. The van der Waals surface area contributed by atoms with Crippen LogP contribution in [0.3, 0.4) is 0 Å². The van der Waals surface area contributed by atoms with Crippen LogP contribution in [0, 0.1) is 0 Å². The summed E-state index contributed by atoms with van der Waals surface area (Å²) in [5.74, 6) is 0.299. The standard InChI is InChI=1S/C18H14O/c1-3-12-13(4-2)15-10-7-11-17(19)18(15)16-9-6-5-8-14(12)16/h3-11,19H,1-2H2. The van der Waals surface area contributed by atoms with E-state index in [1.54, 1.807) is 6.07 Å². The maximum Gasteiger partial charge on any atom is 0.124 e. The van der Waals surface area contributed by atoms with Crippen LogP contribution in [0.15, 0.2) is 55.6 Å². The van der Waals surface area contributed by atoms with E-state index in [1.807, 2.05) is 48.6 Å². The normalized spacial score (nSPS) is 10.7. The molecule has 0 radical (unpaired) electrons. The van der Waals surface area contributed by atoms with E-state index in [0.29, 0.717) is 5.75 Å². The number of hydrogen-bond acceptors (Lipinski definition) is 1. The molecular formula is C18H14O. The first kappa shape index (κ1) is 11.5. The second-order valence-electron chi connectivity index (χ2n) is 4.48. The topological polar surface area (TPSA) is 20.2 Å². The number of aromatic hydroxyl groups is 1. The highest BCUT2D eigenvalue weighted by Crippen LogP contribution is 2.38. The molecule has 1 heteroatoms. The van der Waals surface area contributed by atoms with E-state index in [-0.39, 0.29) is 0 Å². The van der Waals surface area contributed by atoms with Gasteiger partial charge in [0, 0.05) is 5.39 Å². The lowest BCUT2D eigenvalue weighted by atomic mass is 9.91. The Labute approximate surface area is 112 Å². The molecule has 3 aromatic rings. The van der Waals surface area contributed by atoms with Crippen LogP contribution >= 0.6 is 0 Å². The average Bonchev–Trinajstić information content (AvgIpc) is 2.45. The highest BCUT2D eigenvalue weighted by Gasteiger charge is 2.12. The van der Waals surface area contributed by atoms with Crippen molar-refractivity contribution in [1.29, 1.82) is 0 Å². The molecule has 3 rings (SSSR count). The van der Waals surface area contributed by atoms with E-state index in [0.717, 1.165) is 32.7 Å². The number of phenols is 1. The third kappa shape index (κ3) is 1.55. The molecule has 3 aromatic carbocycles. The summed E-state index contributed by atoms with van der Waals surface area (Å²) in [4.78, 5) is 0. The van der Waals surface area contributed by atoms with Crippen molar-refractivity contribution in [3.8, 4) is 5.75 Å². The number of rotatable bonds is 2. The van der Waals surface area contributed by atoms with E-state index < -0.39 is 0 Å². The SMILES string of the molecule is C=Cc1c(C=C)c2cccc(O)c2c2ccccc12. The molecule has 0 aliphatic carbocycles. The zero-order chi connectivity index (χ0) is 13.4. The second-order valence-corrected chi connectivity index (χ2v) is 4.48. The van der Waals surface area contributed by atoms with Gasteiger partial charge in [-0.1, -0.05) is 61.7 Å². The van der Waals surface area contributed by atoms with E-state index in [9.17, 15) is 5.11 Å². The molecule has 0 aliphatic rings. The minimum atomic E-state index is 0.299. The van der Waals surface area contributed by atoms with Gasteiger partial charge in [0.05, 0.1) is 0 Å². The first-order valence-electron chi connectivity index (χ1n) is 6.19. The van der Waals surface area contributed by atoms with Crippen molar-refractivity contribution in [1.82, 2.24) is 0 Å². The first-order chi connectivity index (χ1) is 9.27. The Kier molecular flexibility index (Phi) is 2.60. The van der Waals surface area contributed by atoms with Gasteiger partial charge < -0.3 is 5.11 Å². The second kappa shape index (κ2) is 4.29. The summed E-state index contributed by atoms with van der Waals surface area (Å²) in [6.07, 6.45) is 3.67. The fourth-order valence-electron chi connectivity index (χ4n) is 2.71. The monoisotopic (exact) mass is 246 g/mol. The molecule has 0 aliphatic heterocycles. The third-order valence-corrected chi connectivity index (χ3v) is 3.52. The fraction of sp³-hybridized carbons (Fsp3) is 0. The lowest BCUT2D eigenvalue weighted by Gasteiger charge is -2.13. The van der Waals surface area contributed by atoms with Crippen LogP contribution in [0.1, 0.15) is 11.1 Å². The van der Waals surface area contributed by atoms with Gasteiger partial charge in [0.15, 0.2) is 0 Å². The molecule has 92 valence electrons. The van der Waals surface area contributed by atoms with Gasteiger partial charge in [0.1, 0.15) is 5.75 Å². The predicted molar refractivity (Wildman–Crippen MR) is 83.3 cm³/mol. The Hall–Kier alpha value is -2.54. The van der Waals surface area contributed by atoms with Crippen molar-refractivity contribution < 1.29 is 5.11 Å². The van der Waals surface area contributed by atoms with Gasteiger partial charge in [-0.15, -0.1) is 0 Å². The van der Waals surface area contributed by atoms with Gasteiger partial charge in [-0.05, 0) is 33.4 Å². The van der Waals surface area contributed by atoms with Crippen LogP contribution < -0.4 is 0 Å². The zero-order valence-corrected chi connectivity index (χ0v) is 10.6. The molecular weight excluding hydrogens is 232 g/mol. The van der Waals surface area contributed by atoms with Crippen molar-refractivity contribution in [2.75, 3.05) is 0 Å². The molecule has 0 amide bonds. The summed E-state index contributed by atoms with van der Waals surface area (Å²) < 4.78 is 0. The van der Waals surface area contributed by atoms with Gasteiger partial charge in [-0.2, -0.15) is 0 Å². The van der Waals surface area contributed by atoms with Crippen LogP contribution in [0.25, 0.3) is 33.7 Å². The fourth-order valence-corrected chi connectivity index (χ4v) is 2.71. The van der Waals surface area contributed by atoms with E-state index in [4.69, 9.17) is 0 Å². The summed E-state index contributed by atoms with van der Waals surface area (Å²) in [5, 5.41) is 14.2. The molecule has 1 N–H and O–H groups in total. The van der Waals surface area contributed by atoms with Crippen molar-refractivity contribution >= 4 is 33.7 Å². The largest absolute Gasteiger partial charge is 0.507 e. The number of phenolic OH excluding ortho intramolecular Hbond substituents is 1. The Balaban J connectivity index is 2.73. The summed E-state index contributed by atoms with van der Waals surface area (Å²) in [6.45, 7) is 7.81. The van der Waals surface area contributed by atoms with Gasteiger partial charge in [-0.3, -0.25) is 0 Å². The number of benzene rings is 3. The van der Waals surface area contributed by atoms with Gasteiger partial charge in [-0.25, -0.2) is 0 Å². The molecule has 0 unspecified atom stereocenters. The van der Waals surface area contributed by atoms with E-state index >= 15 is 0 Å². The Morgan fingerprint density at radius 3 is 2.00 bits per heavy atom. The number of hydrogen-bond donors (Lipinski definition) is 1. The minimum Gasteiger partial charge on any atom is -0.507 e. The summed E-state index contributed by atoms with van der Waals surface area (Å²) in [7, 11) is 0. The molecule has 0 spiro atoms. The zero-order valence-electron chi connectivity index (χ0n) is 10.6. The van der Waals surface area contributed by atoms with Crippen LogP contribution in [0.5, 0.6) is 5.75 Å². The summed E-state index contributed by atoms with van der Waals surface area (Å²) >= 11 is 0. The molecule has 0 fully saturated rings.